The van der Waals surface area contributed by atoms with E-state index in [-0.39, 0.29) is 0 Å². The summed E-state index contributed by atoms with van der Waals surface area (Å²) in [6.07, 6.45) is 0. The normalized spacial score (nSPS) is 8.92. The van der Waals surface area contributed by atoms with Crippen LogP contribution in [0.3, 0.4) is 0 Å². The molecule has 0 radical (unpaired) electrons. The molecule has 24 heavy (non-hydrogen) atoms. The fraction of sp³-hybridized carbons (Fsp3) is 0.100. The van der Waals surface area contributed by atoms with Crippen molar-refractivity contribution in [1.29, 1.82) is 0 Å². The molecule has 0 saturated carbocycles. The predicted octanol–water partition coefficient (Wildman–Crippen LogP) is 2.66. The van der Waals surface area contributed by atoms with Crippen LogP contribution in [0.4, 0.5) is 0 Å². The third kappa shape index (κ3) is 4.03. The number of carbonyl (C=O) groups excluding carboxylic acids is 2. The molecule has 0 aromatic heterocycles. The molecule has 0 spiro atoms. The van der Waals surface area contributed by atoms with E-state index in [4.69, 9.17) is 9.47 Å². The average Bonchev–Trinajstić information content (AvgIpc) is 2.64. The number of hydrogen-bond acceptors (Lipinski definition) is 4. The van der Waals surface area contributed by atoms with Gasteiger partial charge in [-0.2, -0.15) is 0 Å². The second-order valence-corrected chi connectivity index (χ2v) is 4.57. The molecule has 0 aliphatic carbocycles. The first-order chi connectivity index (χ1) is 11.7. The van der Waals surface area contributed by atoms with E-state index >= 15 is 0 Å². The Morgan fingerprint density at radius 1 is 0.708 bits per heavy atom. The van der Waals surface area contributed by atoms with Crippen LogP contribution in [0.15, 0.2) is 48.5 Å². The summed E-state index contributed by atoms with van der Waals surface area (Å²) in [4.78, 5) is 23.3. The molecule has 2 aromatic rings. The van der Waals surface area contributed by atoms with Crippen LogP contribution in [0.5, 0.6) is 0 Å². The fourth-order valence-electron chi connectivity index (χ4n) is 1.96. The average molecular weight is 318 g/mol. The van der Waals surface area contributed by atoms with E-state index in [0.29, 0.717) is 22.3 Å². The van der Waals surface area contributed by atoms with E-state index < -0.39 is 11.9 Å². The highest BCUT2D eigenvalue weighted by atomic mass is 16.5. The summed E-state index contributed by atoms with van der Waals surface area (Å²) in [7, 11) is 2.63. The maximum absolute atomic E-state index is 11.7. The van der Waals surface area contributed by atoms with Crippen molar-refractivity contribution in [2.45, 2.75) is 0 Å². The van der Waals surface area contributed by atoms with Crippen molar-refractivity contribution in [2.24, 2.45) is 0 Å². The smallest absolute Gasteiger partial charge is 0.339 e. The van der Waals surface area contributed by atoms with Gasteiger partial charge in [0.15, 0.2) is 0 Å². The van der Waals surface area contributed by atoms with Gasteiger partial charge in [-0.05, 0) is 36.1 Å². The highest BCUT2D eigenvalue weighted by Gasteiger charge is 2.09. The van der Waals surface area contributed by atoms with Crippen molar-refractivity contribution < 1.29 is 19.1 Å². The number of esters is 2. The molecule has 0 aliphatic heterocycles. The van der Waals surface area contributed by atoms with Crippen LogP contribution in [0, 0.1) is 23.7 Å². The molecule has 0 aliphatic rings. The lowest BCUT2D eigenvalue weighted by molar-refractivity contribution is 0.0591. The Morgan fingerprint density at radius 3 is 1.46 bits per heavy atom. The van der Waals surface area contributed by atoms with Crippen LogP contribution in [0.1, 0.15) is 31.8 Å². The van der Waals surface area contributed by atoms with Gasteiger partial charge in [0, 0.05) is 11.1 Å². The third-order valence-electron chi connectivity index (χ3n) is 3.12. The van der Waals surface area contributed by atoms with Gasteiger partial charge in [0.2, 0.25) is 0 Å². The highest BCUT2D eigenvalue weighted by Crippen LogP contribution is 2.09. The third-order valence-corrected chi connectivity index (χ3v) is 3.12. The largest absolute Gasteiger partial charge is 0.465 e. The van der Waals surface area contributed by atoms with E-state index in [0.717, 1.165) is 0 Å². The standard InChI is InChI=1S/C20H14O4/c1-23-19(21)17-13-7-5-11-15(17)9-3-4-10-16-12-6-8-14-18(16)20(22)24-2/h5-8,11-14H,1-2H3. The van der Waals surface area contributed by atoms with Crippen LogP contribution in [-0.2, 0) is 9.47 Å². The Kier molecular flexibility index (Phi) is 5.77. The number of rotatable bonds is 2. The van der Waals surface area contributed by atoms with Crippen LogP contribution < -0.4 is 0 Å². The van der Waals surface area contributed by atoms with Crippen LogP contribution in [0.2, 0.25) is 0 Å². The zero-order valence-electron chi connectivity index (χ0n) is 13.3. The first-order valence-corrected chi connectivity index (χ1v) is 7.04. The second-order valence-electron chi connectivity index (χ2n) is 4.57. The first-order valence-electron chi connectivity index (χ1n) is 7.04. The molecular weight excluding hydrogens is 304 g/mol. The number of hydrogen-bond donors (Lipinski definition) is 0. The Labute approximate surface area is 140 Å². The lowest BCUT2D eigenvalue weighted by Gasteiger charge is -2.01. The lowest BCUT2D eigenvalue weighted by atomic mass is 10.1. The molecule has 0 bridgehead atoms. The summed E-state index contributed by atoms with van der Waals surface area (Å²) >= 11 is 0. The lowest BCUT2D eigenvalue weighted by Crippen LogP contribution is -2.03. The Hall–Kier alpha value is -3.50. The summed E-state index contributed by atoms with van der Waals surface area (Å²) in [5.74, 6) is 10.1. The van der Waals surface area contributed by atoms with Gasteiger partial charge in [0.25, 0.3) is 0 Å². The molecule has 0 heterocycles. The predicted molar refractivity (Wildman–Crippen MR) is 89.3 cm³/mol. The van der Waals surface area contributed by atoms with Gasteiger partial charge in [-0.25, -0.2) is 9.59 Å². The van der Waals surface area contributed by atoms with E-state index in [1.807, 2.05) is 0 Å². The quantitative estimate of drug-likeness (QED) is 0.631. The van der Waals surface area contributed by atoms with Crippen molar-refractivity contribution in [2.75, 3.05) is 14.2 Å². The number of methoxy groups -OCH3 is 2. The molecule has 0 saturated heterocycles. The van der Waals surface area contributed by atoms with E-state index in [9.17, 15) is 9.59 Å². The SMILES string of the molecule is COC(=O)c1ccccc1C#CC#Cc1ccccc1C(=O)OC. The maximum atomic E-state index is 11.7. The van der Waals surface area contributed by atoms with Gasteiger partial charge < -0.3 is 9.47 Å². The number of ether oxygens (including phenoxy) is 2. The van der Waals surface area contributed by atoms with E-state index in [2.05, 4.69) is 23.7 Å². The molecule has 0 unspecified atom stereocenters. The minimum absolute atomic E-state index is 0.379. The second kappa shape index (κ2) is 8.22. The zero-order valence-corrected chi connectivity index (χ0v) is 13.3. The minimum atomic E-state index is -0.455. The van der Waals surface area contributed by atoms with Crippen LogP contribution >= 0.6 is 0 Å². The van der Waals surface area contributed by atoms with Crippen LogP contribution in [-0.4, -0.2) is 26.2 Å². The monoisotopic (exact) mass is 318 g/mol. The van der Waals surface area contributed by atoms with Gasteiger partial charge in [0.05, 0.1) is 25.3 Å². The molecule has 0 fully saturated rings. The molecule has 2 rings (SSSR count). The zero-order chi connectivity index (χ0) is 17.4. The van der Waals surface area contributed by atoms with Crippen molar-refractivity contribution in [1.82, 2.24) is 0 Å². The Balaban J connectivity index is 2.30. The minimum Gasteiger partial charge on any atom is -0.465 e. The van der Waals surface area contributed by atoms with Gasteiger partial charge in [0.1, 0.15) is 0 Å². The summed E-state index contributed by atoms with van der Waals surface area (Å²) in [5.41, 5.74) is 1.81. The van der Waals surface area contributed by atoms with Crippen molar-refractivity contribution in [3.8, 4) is 23.7 Å². The fourth-order valence-corrected chi connectivity index (χ4v) is 1.96. The summed E-state index contributed by atoms with van der Waals surface area (Å²) in [5, 5.41) is 0. The van der Waals surface area contributed by atoms with Crippen molar-refractivity contribution in [3.05, 3.63) is 70.8 Å². The molecular formula is C20H14O4. The molecule has 4 nitrogen and oxygen atoms in total. The summed E-state index contributed by atoms with van der Waals surface area (Å²) < 4.78 is 9.43. The topological polar surface area (TPSA) is 52.6 Å². The van der Waals surface area contributed by atoms with Gasteiger partial charge in [-0.15, -0.1) is 0 Å². The van der Waals surface area contributed by atoms with Gasteiger partial charge in [-0.3, -0.25) is 0 Å². The first kappa shape index (κ1) is 16.9. The van der Waals surface area contributed by atoms with Gasteiger partial charge >= 0.3 is 11.9 Å². The summed E-state index contributed by atoms with van der Waals surface area (Å²) in [6.45, 7) is 0. The van der Waals surface area contributed by atoms with E-state index in [1.165, 1.54) is 14.2 Å². The summed E-state index contributed by atoms with van der Waals surface area (Å²) in [6, 6.07) is 13.7. The van der Waals surface area contributed by atoms with E-state index in [1.54, 1.807) is 48.5 Å². The molecule has 118 valence electrons. The van der Waals surface area contributed by atoms with Gasteiger partial charge in [-0.1, -0.05) is 36.1 Å². The van der Waals surface area contributed by atoms with Crippen molar-refractivity contribution in [3.63, 3.8) is 0 Å². The molecule has 0 amide bonds. The molecule has 2 aromatic carbocycles. The Bertz CT molecular complexity index is 813. The number of benzene rings is 2. The maximum Gasteiger partial charge on any atom is 0.339 e. The molecule has 0 N–H and O–H groups in total. The number of carbonyl (C=O) groups is 2. The molecule has 0 atom stereocenters. The van der Waals surface area contributed by atoms with Crippen LogP contribution in [0.25, 0.3) is 0 Å². The highest BCUT2D eigenvalue weighted by molar-refractivity contribution is 5.93. The molecule has 4 heteroatoms. The Morgan fingerprint density at radius 2 is 1.08 bits per heavy atom. The van der Waals surface area contributed by atoms with Crippen molar-refractivity contribution >= 4 is 11.9 Å².